The number of benzene rings is 1. The zero-order valence-corrected chi connectivity index (χ0v) is 15.3. The van der Waals surface area contributed by atoms with E-state index in [-0.39, 0.29) is 18.4 Å². The van der Waals surface area contributed by atoms with Gasteiger partial charge in [0.25, 0.3) is 5.91 Å². The monoisotopic (exact) mass is 401 g/mol. The minimum atomic E-state index is -0.959. The van der Waals surface area contributed by atoms with E-state index in [1.54, 1.807) is 25.1 Å². The highest BCUT2D eigenvalue weighted by Crippen LogP contribution is 2.24. The van der Waals surface area contributed by atoms with E-state index in [1.807, 2.05) is 0 Å². The Balaban J connectivity index is 2.91. The van der Waals surface area contributed by atoms with Gasteiger partial charge in [-0.05, 0) is 31.5 Å². The lowest BCUT2D eigenvalue weighted by atomic mass is 10.1. The third-order valence-electron chi connectivity index (χ3n) is 3.14. The van der Waals surface area contributed by atoms with Crippen molar-refractivity contribution in [2.45, 2.75) is 25.8 Å². The maximum Gasteiger partial charge on any atom is 0.328 e. The number of esters is 2. The van der Waals surface area contributed by atoms with Crippen molar-refractivity contribution in [3.8, 4) is 5.75 Å². The lowest BCUT2D eigenvalue weighted by molar-refractivity contribution is -0.144. The van der Waals surface area contributed by atoms with E-state index in [0.29, 0.717) is 12.4 Å². The molecule has 0 radical (unpaired) electrons. The third kappa shape index (κ3) is 5.84. The Kier molecular flexibility index (Phi) is 8.25. The minimum Gasteiger partial charge on any atom is -0.493 e. The normalized spacial score (nSPS) is 11.3. The van der Waals surface area contributed by atoms with Gasteiger partial charge in [-0.15, -0.1) is 0 Å². The van der Waals surface area contributed by atoms with E-state index >= 15 is 0 Å². The molecular formula is C16H20BrNO6. The summed E-state index contributed by atoms with van der Waals surface area (Å²) >= 11 is 3.31. The second-order valence-corrected chi connectivity index (χ2v) is 5.65. The largest absolute Gasteiger partial charge is 0.493 e. The van der Waals surface area contributed by atoms with Gasteiger partial charge in [-0.2, -0.15) is 0 Å². The van der Waals surface area contributed by atoms with Crippen molar-refractivity contribution >= 4 is 33.8 Å². The topological polar surface area (TPSA) is 90.9 Å². The van der Waals surface area contributed by atoms with Crippen LogP contribution in [0, 0.1) is 0 Å². The van der Waals surface area contributed by atoms with Crippen LogP contribution in [0.15, 0.2) is 22.7 Å². The number of amides is 1. The summed E-state index contributed by atoms with van der Waals surface area (Å²) in [5.74, 6) is -1.22. The molecule has 0 fully saturated rings. The van der Waals surface area contributed by atoms with Crippen molar-refractivity contribution in [3.63, 3.8) is 0 Å². The Morgan fingerprint density at radius 1 is 1.21 bits per heavy atom. The van der Waals surface area contributed by atoms with Crippen molar-refractivity contribution in [2.75, 3.05) is 20.8 Å². The molecule has 1 amide bonds. The fraction of sp³-hybridized carbons (Fsp3) is 0.438. The van der Waals surface area contributed by atoms with E-state index < -0.39 is 23.9 Å². The number of hydrogen-bond donors (Lipinski definition) is 1. The number of hydrogen-bond acceptors (Lipinski definition) is 6. The number of halogens is 1. The van der Waals surface area contributed by atoms with Crippen molar-refractivity contribution < 1.29 is 28.6 Å². The molecule has 1 rings (SSSR count). The summed E-state index contributed by atoms with van der Waals surface area (Å²) < 4.78 is 15.4. The van der Waals surface area contributed by atoms with Crippen LogP contribution >= 0.6 is 15.9 Å². The summed E-state index contributed by atoms with van der Waals surface area (Å²) in [5.41, 5.74) is 0.284. The van der Waals surface area contributed by atoms with Crippen LogP contribution in [-0.2, 0) is 19.1 Å². The van der Waals surface area contributed by atoms with Crippen molar-refractivity contribution in [3.05, 3.63) is 28.2 Å². The molecule has 0 saturated carbocycles. The number of methoxy groups -OCH3 is 2. The summed E-state index contributed by atoms with van der Waals surface area (Å²) in [6.45, 7) is 2.19. The molecular weight excluding hydrogens is 382 g/mol. The SMILES string of the molecule is CCOc1cc(Br)ccc1C(=O)NC(CCC(=O)OC)C(=O)OC. The zero-order chi connectivity index (χ0) is 18.1. The summed E-state index contributed by atoms with van der Waals surface area (Å²) in [6.07, 6.45) is 0.0563. The minimum absolute atomic E-state index is 0.0186. The molecule has 1 unspecified atom stereocenters. The van der Waals surface area contributed by atoms with Gasteiger partial charge in [0.1, 0.15) is 11.8 Å². The first-order valence-corrected chi connectivity index (χ1v) is 8.10. The van der Waals surface area contributed by atoms with Gasteiger partial charge in [-0.3, -0.25) is 9.59 Å². The van der Waals surface area contributed by atoms with Gasteiger partial charge in [0.2, 0.25) is 0 Å². The van der Waals surface area contributed by atoms with E-state index in [9.17, 15) is 14.4 Å². The maximum absolute atomic E-state index is 12.5. The number of rotatable bonds is 8. The molecule has 132 valence electrons. The zero-order valence-electron chi connectivity index (χ0n) is 13.8. The third-order valence-corrected chi connectivity index (χ3v) is 3.64. The van der Waals surface area contributed by atoms with Crippen molar-refractivity contribution in [1.82, 2.24) is 5.32 Å². The van der Waals surface area contributed by atoms with E-state index in [0.717, 1.165) is 4.47 Å². The summed E-state index contributed by atoms with van der Waals surface area (Å²) in [6, 6.07) is 3.98. The van der Waals surface area contributed by atoms with Crippen LogP contribution in [-0.4, -0.2) is 44.7 Å². The fourth-order valence-corrected chi connectivity index (χ4v) is 2.29. The number of carbonyl (C=O) groups excluding carboxylic acids is 3. The van der Waals surface area contributed by atoms with Crippen molar-refractivity contribution in [2.24, 2.45) is 0 Å². The Morgan fingerprint density at radius 3 is 2.50 bits per heavy atom. The molecule has 24 heavy (non-hydrogen) atoms. The Labute approximate surface area is 148 Å². The van der Waals surface area contributed by atoms with Crippen molar-refractivity contribution in [1.29, 1.82) is 0 Å². The maximum atomic E-state index is 12.5. The average Bonchev–Trinajstić information content (AvgIpc) is 2.57. The second kappa shape index (κ2) is 9.92. The first-order valence-electron chi connectivity index (χ1n) is 7.30. The standard InChI is InChI=1S/C16H20BrNO6/c1-4-24-13-9-10(17)5-6-11(13)15(20)18-12(16(21)23-3)7-8-14(19)22-2/h5-6,9,12H,4,7-8H2,1-3H3,(H,18,20). The smallest absolute Gasteiger partial charge is 0.328 e. The molecule has 1 N–H and O–H groups in total. The first-order chi connectivity index (χ1) is 11.4. The molecule has 1 aromatic rings. The van der Waals surface area contributed by atoms with Crippen LogP contribution in [0.2, 0.25) is 0 Å². The molecule has 1 atom stereocenters. The first kappa shape index (κ1) is 20.0. The van der Waals surface area contributed by atoms with E-state index in [1.165, 1.54) is 14.2 Å². The molecule has 7 nitrogen and oxygen atoms in total. The molecule has 0 aliphatic rings. The number of carbonyl (C=O) groups is 3. The Hall–Kier alpha value is -2.09. The molecule has 0 bridgehead atoms. The van der Waals surface area contributed by atoms with Crippen LogP contribution in [0.1, 0.15) is 30.1 Å². The van der Waals surface area contributed by atoms with E-state index in [2.05, 4.69) is 30.7 Å². The van der Waals surface area contributed by atoms with Crippen LogP contribution in [0.3, 0.4) is 0 Å². The highest BCUT2D eigenvalue weighted by atomic mass is 79.9. The van der Waals surface area contributed by atoms with Gasteiger partial charge in [0.05, 0.1) is 26.4 Å². The summed E-state index contributed by atoms with van der Waals surface area (Å²) in [7, 11) is 2.47. The molecule has 0 aliphatic carbocycles. The predicted octanol–water partition coefficient (Wildman–Crippen LogP) is 2.07. The van der Waals surface area contributed by atoms with Crippen LogP contribution in [0.5, 0.6) is 5.75 Å². The highest BCUT2D eigenvalue weighted by molar-refractivity contribution is 9.10. The molecule has 0 aliphatic heterocycles. The van der Waals surface area contributed by atoms with Gasteiger partial charge >= 0.3 is 11.9 Å². The van der Waals surface area contributed by atoms with Crippen LogP contribution in [0.4, 0.5) is 0 Å². The Morgan fingerprint density at radius 2 is 1.92 bits per heavy atom. The molecule has 0 spiro atoms. The van der Waals surface area contributed by atoms with Gasteiger partial charge in [0.15, 0.2) is 0 Å². The predicted molar refractivity (Wildman–Crippen MR) is 89.8 cm³/mol. The lowest BCUT2D eigenvalue weighted by Gasteiger charge is -2.17. The summed E-state index contributed by atoms with van der Waals surface area (Å²) in [4.78, 5) is 35.5. The van der Waals surface area contributed by atoms with Gasteiger partial charge in [0, 0.05) is 10.9 Å². The quantitative estimate of drug-likeness (QED) is 0.670. The van der Waals surface area contributed by atoms with Gasteiger partial charge in [-0.1, -0.05) is 15.9 Å². The van der Waals surface area contributed by atoms with Crippen LogP contribution < -0.4 is 10.1 Å². The lowest BCUT2D eigenvalue weighted by Crippen LogP contribution is -2.42. The van der Waals surface area contributed by atoms with Gasteiger partial charge in [-0.25, -0.2) is 4.79 Å². The number of ether oxygens (including phenoxy) is 3. The summed E-state index contributed by atoms with van der Waals surface area (Å²) in [5, 5.41) is 2.57. The molecule has 1 aromatic carbocycles. The Bertz CT molecular complexity index is 604. The fourth-order valence-electron chi connectivity index (χ4n) is 1.95. The number of nitrogens with one attached hydrogen (secondary N) is 1. The second-order valence-electron chi connectivity index (χ2n) is 4.74. The van der Waals surface area contributed by atoms with Crippen LogP contribution in [0.25, 0.3) is 0 Å². The molecule has 0 aromatic heterocycles. The molecule has 8 heteroatoms. The van der Waals surface area contributed by atoms with Gasteiger partial charge < -0.3 is 19.5 Å². The average molecular weight is 402 g/mol. The molecule has 0 heterocycles. The molecule has 0 saturated heterocycles. The highest BCUT2D eigenvalue weighted by Gasteiger charge is 2.24. The van der Waals surface area contributed by atoms with E-state index in [4.69, 9.17) is 4.74 Å².